The van der Waals surface area contributed by atoms with Crippen LogP contribution in [0, 0.1) is 10.1 Å². The van der Waals surface area contributed by atoms with Crippen LogP contribution in [0.3, 0.4) is 0 Å². The summed E-state index contributed by atoms with van der Waals surface area (Å²) in [6, 6.07) is 19.6. The summed E-state index contributed by atoms with van der Waals surface area (Å²) in [6.45, 7) is 0. The Bertz CT molecular complexity index is 872. The lowest BCUT2D eigenvalue weighted by Crippen LogP contribution is -2.08. The second-order valence-corrected chi connectivity index (χ2v) is 5.11. The smallest absolute Gasteiger partial charge is 0.270 e. The Balaban J connectivity index is 1.77. The maximum atomic E-state index is 10.9. The number of nitro groups is 1. The highest BCUT2D eigenvalue weighted by atomic mass is 16.6. The van der Waals surface area contributed by atoms with Gasteiger partial charge in [0.15, 0.2) is 0 Å². The molecule has 0 amide bonds. The zero-order chi connectivity index (χ0) is 16.9. The fourth-order valence-corrected chi connectivity index (χ4v) is 2.20. The first-order valence-electron chi connectivity index (χ1n) is 7.31. The second-order valence-electron chi connectivity index (χ2n) is 5.11. The van der Waals surface area contributed by atoms with Crippen molar-refractivity contribution >= 4 is 17.6 Å². The van der Waals surface area contributed by atoms with Crippen molar-refractivity contribution in [3.05, 3.63) is 82.6 Å². The van der Waals surface area contributed by atoms with Crippen LogP contribution in [0.2, 0.25) is 0 Å². The summed E-state index contributed by atoms with van der Waals surface area (Å²) in [4.78, 5) is 10.4. The molecular formula is C18H15N3O3. The Hall–Kier alpha value is -3.41. The molecule has 1 aromatic heterocycles. The Morgan fingerprint density at radius 1 is 1.08 bits per heavy atom. The zero-order valence-corrected chi connectivity index (χ0v) is 13.0. The number of furan rings is 1. The number of nitro benzene ring substituents is 1. The Morgan fingerprint density at radius 3 is 2.62 bits per heavy atom. The monoisotopic (exact) mass is 321 g/mol. The molecule has 0 aliphatic rings. The number of hydrogen-bond donors (Lipinski definition) is 0. The third kappa shape index (κ3) is 3.49. The molecule has 0 aliphatic carbocycles. The quantitative estimate of drug-likeness (QED) is 0.398. The number of para-hydroxylation sites is 1. The number of hydrazone groups is 1. The van der Waals surface area contributed by atoms with Gasteiger partial charge in [-0.15, -0.1) is 0 Å². The van der Waals surface area contributed by atoms with E-state index in [0.717, 1.165) is 5.69 Å². The van der Waals surface area contributed by atoms with Gasteiger partial charge in [0.1, 0.15) is 11.5 Å². The van der Waals surface area contributed by atoms with Crippen molar-refractivity contribution in [2.75, 3.05) is 12.1 Å². The number of hydrogen-bond acceptors (Lipinski definition) is 5. The first kappa shape index (κ1) is 15.5. The Labute approximate surface area is 138 Å². The van der Waals surface area contributed by atoms with Gasteiger partial charge in [0.2, 0.25) is 0 Å². The molecule has 0 saturated heterocycles. The Morgan fingerprint density at radius 2 is 1.88 bits per heavy atom. The van der Waals surface area contributed by atoms with Crippen LogP contribution in [0.5, 0.6) is 0 Å². The van der Waals surface area contributed by atoms with E-state index in [-0.39, 0.29) is 5.69 Å². The minimum atomic E-state index is -0.427. The molecule has 2 aromatic carbocycles. The van der Waals surface area contributed by atoms with E-state index in [1.807, 2.05) is 37.4 Å². The second kappa shape index (κ2) is 6.78. The fraction of sp³-hybridized carbons (Fsp3) is 0.0556. The molecule has 1 heterocycles. The molecule has 6 nitrogen and oxygen atoms in total. The standard InChI is InChI=1S/C18H15N3O3/c1-20(15-7-3-2-4-8-15)19-13-17-10-11-18(24-17)14-6-5-9-16(12-14)21(22)23/h2-13H,1H3/b19-13-. The molecule has 0 aliphatic heterocycles. The van der Waals surface area contributed by atoms with Crippen LogP contribution in [0.1, 0.15) is 5.76 Å². The normalized spacial score (nSPS) is 10.9. The van der Waals surface area contributed by atoms with Crippen molar-refractivity contribution in [3.8, 4) is 11.3 Å². The van der Waals surface area contributed by atoms with Crippen LogP contribution in [-0.4, -0.2) is 18.2 Å². The van der Waals surface area contributed by atoms with Crippen LogP contribution < -0.4 is 5.01 Å². The minimum absolute atomic E-state index is 0.0305. The highest BCUT2D eigenvalue weighted by molar-refractivity contribution is 5.78. The highest BCUT2D eigenvalue weighted by Gasteiger charge is 2.09. The molecular weight excluding hydrogens is 306 g/mol. The number of rotatable bonds is 5. The third-order valence-electron chi connectivity index (χ3n) is 3.46. The van der Waals surface area contributed by atoms with Crippen LogP contribution in [0.25, 0.3) is 11.3 Å². The van der Waals surface area contributed by atoms with E-state index in [0.29, 0.717) is 17.1 Å². The molecule has 3 rings (SSSR count). The summed E-state index contributed by atoms with van der Waals surface area (Å²) >= 11 is 0. The van der Waals surface area contributed by atoms with Gasteiger partial charge in [0, 0.05) is 24.7 Å². The molecule has 6 heteroatoms. The van der Waals surface area contributed by atoms with E-state index < -0.39 is 4.92 Å². The molecule has 0 spiro atoms. The predicted octanol–water partition coefficient (Wildman–Crippen LogP) is 4.33. The number of benzene rings is 2. The summed E-state index contributed by atoms with van der Waals surface area (Å²) in [5, 5.41) is 16.9. The van der Waals surface area contributed by atoms with Crippen molar-refractivity contribution in [1.82, 2.24) is 0 Å². The maximum absolute atomic E-state index is 10.9. The van der Waals surface area contributed by atoms with E-state index >= 15 is 0 Å². The average molecular weight is 321 g/mol. The largest absolute Gasteiger partial charge is 0.455 e. The van der Waals surface area contributed by atoms with Gasteiger partial charge in [-0.25, -0.2) is 0 Å². The molecule has 0 atom stereocenters. The predicted molar refractivity (Wildman–Crippen MR) is 93.2 cm³/mol. The lowest BCUT2D eigenvalue weighted by Gasteiger charge is -2.11. The fourth-order valence-electron chi connectivity index (χ4n) is 2.20. The van der Waals surface area contributed by atoms with Gasteiger partial charge in [-0.2, -0.15) is 5.10 Å². The molecule has 0 N–H and O–H groups in total. The number of non-ortho nitro benzene ring substituents is 1. The third-order valence-corrected chi connectivity index (χ3v) is 3.46. The lowest BCUT2D eigenvalue weighted by atomic mass is 10.1. The van der Waals surface area contributed by atoms with E-state index in [1.54, 1.807) is 35.5 Å². The SMILES string of the molecule is CN(/N=C\c1ccc(-c2cccc([N+](=O)[O-])c2)o1)c1ccccc1. The molecule has 0 bridgehead atoms. The summed E-state index contributed by atoms with van der Waals surface area (Å²) in [6.07, 6.45) is 1.61. The van der Waals surface area contributed by atoms with Gasteiger partial charge in [0.25, 0.3) is 5.69 Å². The molecule has 0 fully saturated rings. The van der Waals surface area contributed by atoms with Gasteiger partial charge in [-0.05, 0) is 24.3 Å². The van der Waals surface area contributed by atoms with E-state index in [1.165, 1.54) is 12.1 Å². The van der Waals surface area contributed by atoms with Crippen molar-refractivity contribution in [1.29, 1.82) is 0 Å². The molecule has 120 valence electrons. The van der Waals surface area contributed by atoms with E-state index in [9.17, 15) is 10.1 Å². The van der Waals surface area contributed by atoms with Gasteiger partial charge < -0.3 is 4.42 Å². The van der Waals surface area contributed by atoms with Crippen LogP contribution >= 0.6 is 0 Å². The highest BCUT2D eigenvalue weighted by Crippen LogP contribution is 2.25. The van der Waals surface area contributed by atoms with Crippen LogP contribution in [0.15, 0.2) is 76.2 Å². The minimum Gasteiger partial charge on any atom is -0.455 e. The van der Waals surface area contributed by atoms with Crippen LogP contribution in [-0.2, 0) is 0 Å². The molecule has 24 heavy (non-hydrogen) atoms. The number of nitrogens with zero attached hydrogens (tertiary/aromatic N) is 3. The first-order chi connectivity index (χ1) is 11.6. The topological polar surface area (TPSA) is 71.9 Å². The zero-order valence-electron chi connectivity index (χ0n) is 13.0. The summed E-state index contributed by atoms with van der Waals surface area (Å²) < 4.78 is 5.69. The summed E-state index contributed by atoms with van der Waals surface area (Å²) in [7, 11) is 1.84. The van der Waals surface area contributed by atoms with Crippen molar-refractivity contribution in [3.63, 3.8) is 0 Å². The summed E-state index contributed by atoms with van der Waals surface area (Å²) in [5.41, 5.74) is 1.64. The van der Waals surface area contributed by atoms with Crippen molar-refractivity contribution < 1.29 is 9.34 Å². The van der Waals surface area contributed by atoms with E-state index in [4.69, 9.17) is 4.42 Å². The molecule has 3 aromatic rings. The lowest BCUT2D eigenvalue weighted by molar-refractivity contribution is -0.384. The van der Waals surface area contributed by atoms with E-state index in [2.05, 4.69) is 5.10 Å². The molecule has 0 saturated carbocycles. The Kier molecular flexibility index (Phi) is 4.38. The molecule has 0 unspecified atom stereocenters. The molecule has 0 radical (unpaired) electrons. The summed E-state index contributed by atoms with van der Waals surface area (Å²) in [5.74, 6) is 1.13. The first-order valence-corrected chi connectivity index (χ1v) is 7.31. The van der Waals surface area contributed by atoms with Gasteiger partial charge >= 0.3 is 0 Å². The average Bonchev–Trinajstić information content (AvgIpc) is 3.09. The van der Waals surface area contributed by atoms with Crippen molar-refractivity contribution in [2.45, 2.75) is 0 Å². The van der Waals surface area contributed by atoms with Crippen molar-refractivity contribution in [2.24, 2.45) is 5.10 Å². The van der Waals surface area contributed by atoms with Gasteiger partial charge in [-0.1, -0.05) is 30.3 Å². The van der Waals surface area contributed by atoms with Gasteiger partial charge in [-0.3, -0.25) is 15.1 Å². The maximum Gasteiger partial charge on any atom is 0.270 e. The van der Waals surface area contributed by atoms with Crippen LogP contribution in [0.4, 0.5) is 11.4 Å². The number of anilines is 1. The van der Waals surface area contributed by atoms with Gasteiger partial charge in [0.05, 0.1) is 16.8 Å².